The minimum atomic E-state index is 0.465. The first-order valence-corrected chi connectivity index (χ1v) is 6.54. The summed E-state index contributed by atoms with van der Waals surface area (Å²) < 4.78 is 7.70. The van der Waals surface area contributed by atoms with Crippen molar-refractivity contribution in [3.8, 4) is 0 Å². The molecule has 82 valence electrons. The molecule has 0 radical (unpaired) electrons. The van der Waals surface area contributed by atoms with E-state index in [0.29, 0.717) is 12.3 Å². The molecular formula is C14H26. The zero-order chi connectivity index (χ0) is 10.8. The van der Waals surface area contributed by atoms with Crippen molar-refractivity contribution >= 4 is 0 Å². The zero-order valence-corrected chi connectivity index (χ0v) is 9.78. The van der Waals surface area contributed by atoms with Crippen molar-refractivity contribution in [1.82, 2.24) is 0 Å². The van der Waals surface area contributed by atoms with Gasteiger partial charge in [0.25, 0.3) is 0 Å². The van der Waals surface area contributed by atoms with Gasteiger partial charge in [-0.3, -0.25) is 0 Å². The third kappa shape index (κ3) is 1.99. The molecule has 0 atom stereocenters. The summed E-state index contributed by atoms with van der Waals surface area (Å²) >= 11 is 0. The van der Waals surface area contributed by atoms with Gasteiger partial charge in [0.2, 0.25) is 0 Å². The Labute approximate surface area is 90.9 Å². The molecule has 0 heterocycles. The van der Waals surface area contributed by atoms with E-state index in [1.54, 1.807) is 0 Å². The van der Waals surface area contributed by atoms with Crippen molar-refractivity contribution in [1.29, 1.82) is 0 Å². The summed E-state index contributed by atoms with van der Waals surface area (Å²) in [5, 5.41) is 0. The molecule has 14 heavy (non-hydrogen) atoms. The molecule has 3 aliphatic rings. The molecule has 3 aliphatic carbocycles. The minimum absolute atomic E-state index is 0.465. The van der Waals surface area contributed by atoms with Crippen molar-refractivity contribution in [2.24, 2.45) is 10.8 Å². The van der Waals surface area contributed by atoms with Crippen molar-refractivity contribution in [3.63, 3.8) is 0 Å². The smallest absolute Gasteiger partial charge is 0.0236 e. The summed E-state index contributed by atoms with van der Waals surface area (Å²) in [5.41, 5.74) is 1.19. The fourth-order valence-electron chi connectivity index (χ4n) is 3.47. The summed E-state index contributed by atoms with van der Waals surface area (Å²) in [6.07, 6.45) is 14.1. The molecule has 0 saturated heterocycles. The fourth-order valence-corrected chi connectivity index (χ4v) is 3.47. The lowest BCUT2D eigenvalue weighted by atomic mass is 9.53. The van der Waals surface area contributed by atoms with E-state index in [1.165, 1.54) is 64.2 Å². The largest absolute Gasteiger partial charge is 0.0654 e. The molecule has 3 saturated carbocycles. The molecule has 3 rings (SSSR count). The van der Waals surface area contributed by atoms with Crippen LogP contribution in [0.1, 0.15) is 79.4 Å². The standard InChI is InChI=1S/C14H26/c1-3-4-5-6-14-10-7-13(2,8-11-14)9-12-14/h3-12H2,1-2H3/i2D. The number of unbranched alkanes of at least 4 members (excludes halogenated alkanes) is 2. The topological polar surface area (TPSA) is 0 Å². The van der Waals surface area contributed by atoms with Gasteiger partial charge in [0.05, 0.1) is 0 Å². The Balaban J connectivity index is 1.86. The Hall–Kier alpha value is 0. The molecule has 0 N–H and O–H groups in total. The fraction of sp³-hybridized carbons (Fsp3) is 1.00. The average Bonchev–Trinajstić information content (AvgIpc) is 2.32. The predicted octanol–water partition coefficient (Wildman–Crippen LogP) is 4.93. The molecule has 0 aromatic rings. The van der Waals surface area contributed by atoms with Gasteiger partial charge in [0.1, 0.15) is 0 Å². The minimum Gasteiger partial charge on any atom is -0.0654 e. The van der Waals surface area contributed by atoms with E-state index in [-0.39, 0.29) is 0 Å². The highest BCUT2D eigenvalue weighted by Crippen LogP contribution is 2.58. The van der Waals surface area contributed by atoms with E-state index in [1.807, 2.05) is 0 Å². The van der Waals surface area contributed by atoms with Crippen LogP contribution in [-0.4, -0.2) is 0 Å². The van der Waals surface area contributed by atoms with Crippen LogP contribution in [-0.2, 0) is 0 Å². The third-order valence-electron chi connectivity index (χ3n) is 4.87. The van der Waals surface area contributed by atoms with Crippen LogP contribution in [0.25, 0.3) is 0 Å². The third-order valence-corrected chi connectivity index (χ3v) is 4.87. The molecule has 0 amide bonds. The molecular weight excluding hydrogens is 168 g/mol. The molecule has 3 fully saturated rings. The van der Waals surface area contributed by atoms with E-state index in [2.05, 4.69) is 6.92 Å². The lowest BCUT2D eigenvalue weighted by Gasteiger charge is -2.52. The Kier molecular flexibility index (Phi) is 2.55. The van der Waals surface area contributed by atoms with E-state index in [4.69, 9.17) is 1.37 Å². The molecule has 0 aromatic carbocycles. The van der Waals surface area contributed by atoms with Crippen LogP contribution in [0, 0.1) is 10.8 Å². The molecule has 0 heteroatoms. The van der Waals surface area contributed by atoms with Crippen molar-refractivity contribution < 1.29 is 1.37 Å². The van der Waals surface area contributed by atoms with Gasteiger partial charge in [-0.25, -0.2) is 0 Å². The van der Waals surface area contributed by atoms with Gasteiger partial charge in [0, 0.05) is 1.37 Å². The van der Waals surface area contributed by atoms with Crippen LogP contribution in [0.15, 0.2) is 0 Å². The maximum absolute atomic E-state index is 7.70. The van der Waals surface area contributed by atoms with Crippen LogP contribution in [0.4, 0.5) is 0 Å². The van der Waals surface area contributed by atoms with Crippen molar-refractivity contribution in [2.75, 3.05) is 0 Å². The van der Waals surface area contributed by atoms with Gasteiger partial charge >= 0.3 is 0 Å². The molecule has 0 unspecified atom stereocenters. The van der Waals surface area contributed by atoms with Gasteiger partial charge < -0.3 is 0 Å². The summed E-state index contributed by atoms with van der Waals surface area (Å²) in [5.74, 6) is 0. The Morgan fingerprint density at radius 1 is 1.00 bits per heavy atom. The van der Waals surface area contributed by atoms with Gasteiger partial charge in [-0.1, -0.05) is 33.1 Å². The highest BCUT2D eigenvalue weighted by Gasteiger charge is 2.45. The zero-order valence-electron chi connectivity index (χ0n) is 10.8. The van der Waals surface area contributed by atoms with Gasteiger partial charge in [0.15, 0.2) is 0 Å². The monoisotopic (exact) mass is 195 g/mol. The maximum atomic E-state index is 7.70. The lowest BCUT2D eigenvalue weighted by Crippen LogP contribution is -2.39. The molecule has 0 aromatic heterocycles. The first-order chi connectivity index (χ1) is 7.24. The highest BCUT2D eigenvalue weighted by molar-refractivity contribution is 4.97. The summed E-state index contributed by atoms with van der Waals surface area (Å²) in [4.78, 5) is 0. The van der Waals surface area contributed by atoms with Crippen LogP contribution in [0.2, 0.25) is 0 Å². The van der Waals surface area contributed by atoms with E-state index >= 15 is 0 Å². The summed E-state index contributed by atoms with van der Waals surface area (Å²) in [7, 11) is 0. The Bertz CT molecular complexity index is 179. The van der Waals surface area contributed by atoms with Crippen molar-refractivity contribution in [3.05, 3.63) is 0 Å². The average molecular weight is 195 g/mol. The number of rotatable bonds is 4. The molecule has 0 aliphatic heterocycles. The number of hydrogen-bond donors (Lipinski definition) is 0. The van der Waals surface area contributed by atoms with Gasteiger partial charge in [-0.15, -0.1) is 0 Å². The van der Waals surface area contributed by atoms with Gasteiger partial charge in [-0.2, -0.15) is 0 Å². The number of hydrogen-bond acceptors (Lipinski definition) is 0. The van der Waals surface area contributed by atoms with E-state index in [0.717, 1.165) is 5.41 Å². The first-order valence-electron chi connectivity index (χ1n) is 7.24. The summed E-state index contributed by atoms with van der Waals surface area (Å²) in [6, 6.07) is 0. The van der Waals surface area contributed by atoms with Gasteiger partial charge in [-0.05, 0) is 55.8 Å². The normalized spacial score (nSPS) is 42.5. The van der Waals surface area contributed by atoms with Crippen molar-refractivity contribution in [2.45, 2.75) is 78.0 Å². The van der Waals surface area contributed by atoms with Crippen LogP contribution in [0.3, 0.4) is 0 Å². The Morgan fingerprint density at radius 3 is 2.14 bits per heavy atom. The second-order valence-electron chi connectivity index (χ2n) is 5.96. The highest BCUT2D eigenvalue weighted by atomic mass is 14.5. The van der Waals surface area contributed by atoms with E-state index in [9.17, 15) is 0 Å². The predicted molar refractivity (Wildman–Crippen MR) is 62.4 cm³/mol. The van der Waals surface area contributed by atoms with E-state index < -0.39 is 0 Å². The first kappa shape index (κ1) is 9.24. The maximum Gasteiger partial charge on any atom is 0.0236 e. The summed E-state index contributed by atoms with van der Waals surface area (Å²) in [6.45, 7) is 2.99. The molecule has 0 nitrogen and oxygen atoms in total. The second kappa shape index (κ2) is 3.87. The van der Waals surface area contributed by atoms with Crippen LogP contribution in [0.5, 0.6) is 0 Å². The second-order valence-corrected chi connectivity index (χ2v) is 5.96. The molecule has 0 spiro atoms. The SMILES string of the molecule is [2H]CC12CCC(CCCCC)(CC1)CC2. The molecule has 2 bridgehead atoms. The van der Waals surface area contributed by atoms with Crippen LogP contribution < -0.4 is 0 Å². The lowest BCUT2D eigenvalue weighted by molar-refractivity contribution is -0.00406. The Morgan fingerprint density at radius 2 is 1.64 bits per heavy atom. The number of fused-ring (bicyclic) bond motifs is 3. The quantitative estimate of drug-likeness (QED) is 0.558. The van der Waals surface area contributed by atoms with Crippen LogP contribution >= 0.6 is 0 Å².